The lowest BCUT2D eigenvalue weighted by molar-refractivity contribution is 0.306. The SMILES string of the molecule is CCCSc1nc(N)cc(OCCc2ccccc2)n1. The summed E-state index contributed by atoms with van der Waals surface area (Å²) < 4.78 is 5.67. The first-order valence-electron chi connectivity index (χ1n) is 6.72. The molecule has 5 heteroatoms. The first kappa shape index (κ1) is 14.7. The Morgan fingerprint density at radius 2 is 2.00 bits per heavy atom. The average Bonchev–Trinajstić information content (AvgIpc) is 2.46. The van der Waals surface area contributed by atoms with Crippen LogP contribution in [0.3, 0.4) is 0 Å². The summed E-state index contributed by atoms with van der Waals surface area (Å²) in [6.07, 6.45) is 1.93. The number of anilines is 1. The van der Waals surface area contributed by atoms with E-state index in [-0.39, 0.29) is 0 Å². The number of nitrogen functional groups attached to an aromatic ring is 1. The maximum absolute atomic E-state index is 5.77. The third-order valence-corrected chi connectivity index (χ3v) is 3.67. The van der Waals surface area contributed by atoms with Crippen LogP contribution in [-0.4, -0.2) is 22.3 Å². The van der Waals surface area contributed by atoms with E-state index >= 15 is 0 Å². The maximum atomic E-state index is 5.77. The number of nitrogens with two attached hydrogens (primary N) is 1. The highest BCUT2D eigenvalue weighted by Crippen LogP contribution is 2.19. The fourth-order valence-electron chi connectivity index (χ4n) is 1.67. The molecule has 1 aromatic carbocycles. The van der Waals surface area contributed by atoms with Crippen LogP contribution in [0.2, 0.25) is 0 Å². The van der Waals surface area contributed by atoms with Crippen LogP contribution in [0.1, 0.15) is 18.9 Å². The molecule has 0 bridgehead atoms. The van der Waals surface area contributed by atoms with Crippen molar-refractivity contribution in [1.82, 2.24) is 9.97 Å². The van der Waals surface area contributed by atoms with Crippen LogP contribution >= 0.6 is 11.8 Å². The standard InChI is InChI=1S/C15H19N3OS/c1-2-10-20-15-17-13(16)11-14(18-15)19-9-8-12-6-4-3-5-7-12/h3-7,11H,2,8-10H2,1H3,(H2,16,17,18). The van der Waals surface area contributed by atoms with Crippen molar-refractivity contribution in [3.8, 4) is 5.88 Å². The van der Waals surface area contributed by atoms with Crippen molar-refractivity contribution < 1.29 is 4.74 Å². The van der Waals surface area contributed by atoms with Gasteiger partial charge in [0.1, 0.15) is 5.82 Å². The van der Waals surface area contributed by atoms with E-state index in [0.717, 1.165) is 18.6 Å². The van der Waals surface area contributed by atoms with Gasteiger partial charge in [-0.05, 0) is 12.0 Å². The molecular weight excluding hydrogens is 270 g/mol. The van der Waals surface area contributed by atoms with Gasteiger partial charge in [0.05, 0.1) is 6.61 Å². The first-order chi connectivity index (χ1) is 9.78. The lowest BCUT2D eigenvalue weighted by atomic mass is 10.2. The molecule has 1 heterocycles. The summed E-state index contributed by atoms with van der Waals surface area (Å²) in [5, 5.41) is 0.682. The molecule has 0 saturated carbocycles. The quantitative estimate of drug-likeness (QED) is 0.626. The molecule has 2 rings (SSSR count). The van der Waals surface area contributed by atoms with Gasteiger partial charge in [0.2, 0.25) is 5.88 Å². The van der Waals surface area contributed by atoms with Crippen molar-refractivity contribution in [3.05, 3.63) is 42.0 Å². The van der Waals surface area contributed by atoms with E-state index in [9.17, 15) is 0 Å². The molecule has 0 spiro atoms. The summed E-state index contributed by atoms with van der Waals surface area (Å²) in [5.41, 5.74) is 7.02. The Morgan fingerprint density at radius 3 is 2.75 bits per heavy atom. The Kier molecular flexibility index (Phi) is 5.68. The maximum Gasteiger partial charge on any atom is 0.219 e. The number of benzene rings is 1. The molecule has 0 saturated heterocycles. The van der Waals surface area contributed by atoms with E-state index in [0.29, 0.717) is 23.5 Å². The van der Waals surface area contributed by atoms with Gasteiger partial charge in [0.15, 0.2) is 5.16 Å². The normalized spacial score (nSPS) is 10.4. The molecule has 0 aliphatic carbocycles. The molecule has 0 aliphatic heterocycles. The summed E-state index contributed by atoms with van der Waals surface area (Å²) in [7, 11) is 0. The van der Waals surface area contributed by atoms with E-state index in [4.69, 9.17) is 10.5 Å². The Hall–Kier alpha value is -1.75. The van der Waals surface area contributed by atoms with E-state index in [1.54, 1.807) is 17.8 Å². The van der Waals surface area contributed by atoms with Gasteiger partial charge in [0.25, 0.3) is 0 Å². The van der Waals surface area contributed by atoms with Crippen LogP contribution in [0.15, 0.2) is 41.6 Å². The summed E-state index contributed by atoms with van der Waals surface area (Å²) in [4.78, 5) is 8.54. The third kappa shape index (κ3) is 4.74. The molecule has 0 fully saturated rings. The highest BCUT2D eigenvalue weighted by molar-refractivity contribution is 7.99. The Labute approximate surface area is 123 Å². The molecule has 2 N–H and O–H groups in total. The van der Waals surface area contributed by atoms with Crippen LogP contribution in [0, 0.1) is 0 Å². The molecule has 4 nitrogen and oxygen atoms in total. The number of hydrogen-bond acceptors (Lipinski definition) is 5. The molecule has 2 aromatic rings. The summed E-state index contributed by atoms with van der Waals surface area (Å²) in [6.45, 7) is 2.70. The Balaban J connectivity index is 1.90. The highest BCUT2D eigenvalue weighted by Gasteiger charge is 2.04. The Bertz CT molecular complexity index is 534. The zero-order valence-electron chi connectivity index (χ0n) is 11.6. The third-order valence-electron chi connectivity index (χ3n) is 2.62. The van der Waals surface area contributed by atoms with E-state index in [2.05, 4.69) is 29.0 Å². The van der Waals surface area contributed by atoms with Crippen LogP contribution in [0.25, 0.3) is 0 Å². The van der Waals surface area contributed by atoms with Crippen LogP contribution < -0.4 is 10.5 Å². The smallest absolute Gasteiger partial charge is 0.219 e. The van der Waals surface area contributed by atoms with Gasteiger partial charge >= 0.3 is 0 Å². The van der Waals surface area contributed by atoms with Crippen molar-refractivity contribution >= 4 is 17.6 Å². The van der Waals surface area contributed by atoms with Gasteiger partial charge in [-0.3, -0.25) is 0 Å². The van der Waals surface area contributed by atoms with Crippen molar-refractivity contribution in [2.75, 3.05) is 18.1 Å². The Morgan fingerprint density at radius 1 is 1.20 bits per heavy atom. The summed E-state index contributed by atoms with van der Waals surface area (Å²) >= 11 is 1.60. The van der Waals surface area contributed by atoms with Gasteiger partial charge in [-0.2, -0.15) is 4.98 Å². The average molecular weight is 289 g/mol. The highest BCUT2D eigenvalue weighted by atomic mass is 32.2. The fraction of sp³-hybridized carbons (Fsp3) is 0.333. The molecule has 0 atom stereocenters. The van der Waals surface area contributed by atoms with Gasteiger partial charge < -0.3 is 10.5 Å². The minimum absolute atomic E-state index is 0.452. The van der Waals surface area contributed by atoms with Crippen LogP contribution in [0.4, 0.5) is 5.82 Å². The topological polar surface area (TPSA) is 61.0 Å². The van der Waals surface area contributed by atoms with Gasteiger partial charge in [-0.25, -0.2) is 4.98 Å². The van der Waals surface area contributed by atoms with Gasteiger partial charge in [-0.15, -0.1) is 0 Å². The van der Waals surface area contributed by atoms with Gasteiger partial charge in [0, 0.05) is 18.2 Å². The second-order valence-electron chi connectivity index (χ2n) is 4.35. The molecule has 0 amide bonds. The second kappa shape index (κ2) is 7.75. The zero-order chi connectivity index (χ0) is 14.2. The molecule has 0 unspecified atom stereocenters. The fourth-order valence-corrected chi connectivity index (χ4v) is 2.38. The number of ether oxygens (including phenoxy) is 1. The molecule has 106 valence electrons. The minimum Gasteiger partial charge on any atom is -0.477 e. The number of aromatic nitrogens is 2. The van der Waals surface area contributed by atoms with E-state index < -0.39 is 0 Å². The predicted octanol–water partition coefficient (Wildman–Crippen LogP) is 3.18. The minimum atomic E-state index is 0.452. The van der Waals surface area contributed by atoms with E-state index in [1.165, 1.54) is 5.56 Å². The monoisotopic (exact) mass is 289 g/mol. The number of rotatable bonds is 7. The predicted molar refractivity (Wildman–Crippen MR) is 83.1 cm³/mol. The largest absolute Gasteiger partial charge is 0.477 e. The number of thioether (sulfide) groups is 1. The van der Waals surface area contributed by atoms with Crippen LogP contribution in [0.5, 0.6) is 5.88 Å². The molecular formula is C15H19N3OS. The molecule has 0 radical (unpaired) electrons. The van der Waals surface area contributed by atoms with Crippen molar-refractivity contribution in [3.63, 3.8) is 0 Å². The van der Waals surface area contributed by atoms with Crippen LogP contribution in [-0.2, 0) is 6.42 Å². The van der Waals surface area contributed by atoms with E-state index in [1.807, 2.05) is 18.2 Å². The number of hydrogen-bond donors (Lipinski definition) is 1. The molecule has 0 aliphatic rings. The van der Waals surface area contributed by atoms with Crippen molar-refractivity contribution in [2.24, 2.45) is 0 Å². The summed E-state index contributed by atoms with van der Waals surface area (Å²) in [5.74, 6) is 1.98. The first-order valence-corrected chi connectivity index (χ1v) is 7.70. The lowest BCUT2D eigenvalue weighted by Gasteiger charge is -2.07. The molecule has 1 aromatic heterocycles. The number of nitrogens with zero attached hydrogens (tertiary/aromatic N) is 2. The zero-order valence-corrected chi connectivity index (χ0v) is 12.4. The van der Waals surface area contributed by atoms with Crippen molar-refractivity contribution in [2.45, 2.75) is 24.9 Å². The lowest BCUT2D eigenvalue weighted by Crippen LogP contribution is -2.05. The molecule has 20 heavy (non-hydrogen) atoms. The van der Waals surface area contributed by atoms with Crippen molar-refractivity contribution in [1.29, 1.82) is 0 Å². The van der Waals surface area contributed by atoms with Gasteiger partial charge in [-0.1, -0.05) is 49.0 Å². The summed E-state index contributed by atoms with van der Waals surface area (Å²) in [6, 6.07) is 11.9. The second-order valence-corrected chi connectivity index (χ2v) is 5.41.